The summed E-state index contributed by atoms with van der Waals surface area (Å²) in [6.07, 6.45) is 5.15. The van der Waals surface area contributed by atoms with Crippen molar-refractivity contribution >= 4 is 5.69 Å². The molecule has 0 aliphatic carbocycles. The van der Waals surface area contributed by atoms with Crippen LogP contribution in [0.5, 0.6) is 0 Å². The Hall–Kier alpha value is -2.41. The first-order valence-electron chi connectivity index (χ1n) is 5.33. The van der Waals surface area contributed by atoms with Crippen LogP contribution in [0.15, 0.2) is 42.9 Å². The van der Waals surface area contributed by atoms with Gasteiger partial charge in [0.15, 0.2) is 5.69 Å². The predicted molar refractivity (Wildman–Crippen MR) is 65.2 cm³/mol. The van der Waals surface area contributed by atoms with Crippen LogP contribution in [0.3, 0.4) is 0 Å². The quantitative estimate of drug-likeness (QED) is 0.870. The van der Waals surface area contributed by atoms with Gasteiger partial charge in [0, 0.05) is 18.6 Å². The van der Waals surface area contributed by atoms with E-state index in [1.165, 1.54) is 0 Å². The molecule has 2 rings (SSSR count). The van der Waals surface area contributed by atoms with Crippen molar-refractivity contribution in [2.45, 2.75) is 13.0 Å². The van der Waals surface area contributed by atoms with Crippen molar-refractivity contribution in [2.75, 3.05) is 5.32 Å². The fraction of sp³-hybridized carbons (Fsp3) is 0.154. The average molecular weight is 224 g/mol. The van der Waals surface area contributed by atoms with Crippen LogP contribution in [-0.4, -0.2) is 9.97 Å². The number of hydrogen-bond acceptors (Lipinski definition) is 4. The molecule has 17 heavy (non-hydrogen) atoms. The highest BCUT2D eigenvalue weighted by Gasteiger charge is 2.08. The van der Waals surface area contributed by atoms with Crippen molar-refractivity contribution in [1.29, 1.82) is 5.26 Å². The lowest BCUT2D eigenvalue weighted by atomic mass is 10.1. The minimum atomic E-state index is 0.0833. The molecule has 1 atom stereocenters. The fourth-order valence-corrected chi connectivity index (χ4v) is 1.56. The van der Waals surface area contributed by atoms with Crippen molar-refractivity contribution < 1.29 is 0 Å². The smallest absolute Gasteiger partial charge is 0.163 e. The first kappa shape index (κ1) is 11.1. The Morgan fingerprint density at radius 1 is 1.29 bits per heavy atom. The number of rotatable bonds is 3. The molecule has 2 aromatic rings. The summed E-state index contributed by atoms with van der Waals surface area (Å²) in [4.78, 5) is 8.07. The highest BCUT2D eigenvalue weighted by molar-refractivity contribution is 5.54. The SMILES string of the molecule is CC(Nc1cccnc1C#N)c1cccnc1. The Labute approximate surface area is 100.0 Å². The lowest BCUT2D eigenvalue weighted by molar-refractivity contribution is 0.873. The van der Waals surface area contributed by atoms with E-state index in [0.717, 1.165) is 11.3 Å². The third-order valence-electron chi connectivity index (χ3n) is 2.47. The molecule has 0 radical (unpaired) electrons. The maximum Gasteiger partial charge on any atom is 0.163 e. The van der Waals surface area contributed by atoms with Crippen LogP contribution < -0.4 is 5.32 Å². The van der Waals surface area contributed by atoms with Gasteiger partial charge in [0.2, 0.25) is 0 Å². The molecule has 2 aromatic heterocycles. The van der Waals surface area contributed by atoms with E-state index in [1.807, 2.05) is 25.1 Å². The van der Waals surface area contributed by atoms with Crippen LogP contribution >= 0.6 is 0 Å². The number of nitrogens with one attached hydrogen (secondary N) is 1. The van der Waals surface area contributed by atoms with Crippen molar-refractivity contribution in [3.8, 4) is 6.07 Å². The van der Waals surface area contributed by atoms with Crippen LogP contribution in [0.1, 0.15) is 24.2 Å². The van der Waals surface area contributed by atoms with E-state index >= 15 is 0 Å². The molecule has 84 valence electrons. The summed E-state index contributed by atoms with van der Waals surface area (Å²) in [6.45, 7) is 2.02. The van der Waals surface area contributed by atoms with Gasteiger partial charge in [-0.25, -0.2) is 4.98 Å². The Kier molecular flexibility index (Phi) is 3.31. The maximum atomic E-state index is 8.94. The van der Waals surface area contributed by atoms with Gasteiger partial charge >= 0.3 is 0 Å². The zero-order chi connectivity index (χ0) is 12.1. The number of nitriles is 1. The number of pyridine rings is 2. The number of hydrogen-bond donors (Lipinski definition) is 1. The third-order valence-corrected chi connectivity index (χ3v) is 2.47. The summed E-state index contributed by atoms with van der Waals surface area (Å²) >= 11 is 0. The van der Waals surface area contributed by atoms with Crippen molar-refractivity contribution in [1.82, 2.24) is 9.97 Å². The molecule has 0 amide bonds. The Morgan fingerprint density at radius 2 is 2.12 bits per heavy atom. The minimum Gasteiger partial charge on any atom is -0.376 e. The van der Waals surface area contributed by atoms with Gasteiger partial charge in [-0.3, -0.25) is 4.98 Å². The number of aromatic nitrogens is 2. The lowest BCUT2D eigenvalue weighted by Crippen LogP contribution is -2.08. The van der Waals surface area contributed by atoms with E-state index in [-0.39, 0.29) is 6.04 Å². The molecular weight excluding hydrogens is 212 g/mol. The average Bonchev–Trinajstić information content (AvgIpc) is 2.40. The summed E-state index contributed by atoms with van der Waals surface area (Å²) in [5, 5.41) is 12.2. The second-order valence-electron chi connectivity index (χ2n) is 3.66. The Balaban J connectivity index is 2.19. The summed E-state index contributed by atoms with van der Waals surface area (Å²) in [5.41, 5.74) is 2.22. The monoisotopic (exact) mass is 224 g/mol. The van der Waals surface area contributed by atoms with Gasteiger partial charge in [0.05, 0.1) is 11.7 Å². The van der Waals surface area contributed by atoms with Crippen molar-refractivity contribution in [2.24, 2.45) is 0 Å². The minimum absolute atomic E-state index is 0.0833. The lowest BCUT2D eigenvalue weighted by Gasteiger charge is -2.15. The van der Waals surface area contributed by atoms with Gasteiger partial charge in [-0.2, -0.15) is 5.26 Å². The first-order chi connectivity index (χ1) is 8.31. The zero-order valence-corrected chi connectivity index (χ0v) is 9.46. The van der Waals surface area contributed by atoms with Crippen molar-refractivity contribution in [3.63, 3.8) is 0 Å². The molecule has 4 nitrogen and oxygen atoms in total. The molecule has 0 bridgehead atoms. The van der Waals surface area contributed by atoms with Crippen LogP contribution in [0.4, 0.5) is 5.69 Å². The van der Waals surface area contributed by atoms with Gasteiger partial charge in [0.1, 0.15) is 6.07 Å². The second-order valence-corrected chi connectivity index (χ2v) is 3.66. The molecule has 0 saturated heterocycles. The highest BCUT2D eigenvalue weighted by atomic mass is 14.9. The van der Waals surface area contributed by atoms with Crippen LogP contribution in [-0.2, 0) is 0 Å². The van der Waals surface area contributed by atoms with E-state index in [1.54, 1.807) is 24.7 Å². The van der Waals surface area contributed by atoms with Gasteiger partial charge in [0.25, 0.3) is 0 Å². The second kappa shape index (κ2) is 5.08. The number of anilines is 1. The van der Waals surface area contributed by atoms with Crippen LogP contribution in [0.25, 0.3) is 0 Å². The van der Waals surface area contributed by atoms with E-state index in [0.29, 0.717) is 5.69 Å². The molecule has 4 heteroatoms. The number of nitrogens with zero attached hydrogens (tertiary/aromatic N) is 3. The molecule has 0 saturated carbocycles. The molecule has 0 aromatic carbocycles. The molecule has 1 N–H and O–H groups in total. The Morgan fingerprint density at radius 3 is 2.82 bits per heavy atom. The van der Waals surface area contributed by atoms with E-state index in [4.69, 9.17) is 5.26 Å². The molecule has 0 aliphatic heterocycles. The van der Waals surface area contributed by atoms with Gasteiger partial charge in [-0.15, -0.1) is 0 Å². The zero-order valence-electron chi connectivity index (χ0n) is 9.46. The standard InChI is InChI=1S/C13H12N4/c1-10(11-4-2-6-15-9-11)17-12-5-3-7-16-13(12)8-14/h2-7,9-10,17H,1H3. The highest BCUT2D eigenvalue weighted by Crippen LogP contribution is 2.19. The molecule has 2 heterocycles. The molecular formula is C13H12N4. The third kappa shape index (κ3) is 2.58. The van der Waals surface area contributed by atoms with Crippen LogP contribution in [0.2, 0.25) is 0 Å². The van der Waals surface area contributed by atoms with Gasteiger partial charge in [-0.05, 0) is 30.7 Å². The van der Waals surface area contributed by atoms with E-state index in [2.05, 4.69) is 21.4 Å². The summed E-state index contributed by atoms with van der Waals surface area (Å²) in [5.74, 6) is 0. The summed E-state index contributed by atoms with van der Waals surface area (Å²) in [7, 11) is 0. The topological polar surface area (TPSA) is 61.6 Å². The van der Waals surface area contributed by atoms with E-state index < -0.39 is 0 Å². The van der Waals surface area contributed by atoms with E-state index in [9.17, 15) is 0 Å². The normalized spacial score (nSPS) is 11.5. The molecule has 0 spiro atoms. The van der Waals surface area contributed by atoms with Crippen LogP contribution in [0, 0.1) is 11.3 Å². The van der Waals surface area contributed by atoms with Gasteiger partial charge in [-0.1, -0.05) is 6.07 Å². The van der Waals surface area contributed by atoms with Gasteiger partial charge < -0.3 is 5.32 Å². The largest absolute Gasteiger partial charge is 0.376 e. The first-order valence-corrected chi connectivity index (χ1v) is 5.33. The predicted octanol–water partition coefficient (Wildman–Crippen LogP) is 2.52. The maximum absolute atomic E-state index is 8.94. The summed E-state index contributed by atoms with van der Waals surface area (Å²) < 4.78 is 0. The van der Waals surface area contributed by atoms with Crippen molar-refractivity contribution in [3.05, 3.63) is 54.1 Å². The fourth-order valence-electron chi connectivity index (χ4n) is 1.56. The molecule has 0 aliphatic rings. The summed E-state index contributed by atoms with van der Waals surface area (Å²) in [6, 6.07) is 9.68. The molecule has 1 unspecified atom stereocenters. The Bertz CT molecular complexity index is 531. The molecule has 0 fully saturated rings.